The molecule has 1 heterocycles. The van der Waals surface area contributed by atoms with Crippen LogP contribution in [-0.2, 0) is 9.47 Å². The molecule has 0 unspecified atom stereocenters. The Morgan fingerprint density at radius 3 is 2.30 bits per heavy atom. The maximum atomic E-state index is 5.95. The summed E-state index contributed by atoms with van der Waals surface area (Å²) < 4.78 is 11.9. The molecule has 0 bridgehead atoms. The van der Waals surface area contributed by atoms with E-state index < -0.39 is 5.79 Å². The predicted octanol–water partition coefficient (Wildman–Crippen LogP) is 3.77. The molecule has 3 aliphatic rings. The van der Waals surface area contributed by atoms with Gasteiger partial charge in [0.25, 0.3) is 0 Å². The molecule has 3 atom stereocenters. The lowest BCUT2D eigenvalue weighted by Gasteiger charge is -2.39. The van der Waals surface area contributed by atoms with Crippen molar-refractivity contribution in [3.8, 4) is 12.3 Å². The van der Waals surface area contributed by atoms with Gasteiger partial charge in [0.1, 0.15) is 0 Å². The van der Waals surface area contributed by atoms with Crippen molar-refractivity contribution < 1.29 is 9.47 Å². The second-order valence-electron chi connectivity index (χ2n) is 7.36. The largest absolute Gasteiger partial charge is 0.348 e. The minimum Gasteiger partial charge on any atom is -0.348 e. The minimum atomic E-state index is -0.457. The van der Waals surface area contributed by atoms with Crippen LogP contribution in [0, 0.1) is 35.5 Å². The number of ether oxygens (including phenoxy) is 2. The van der Waals surface area contributed by atoms with Crippen LogP contribution in [0.5, 0.6) is 0 Å². The molecule has 20 heavy (non-hydrogen) atoms. The minimum absolute atomic E-state index is 0.0508. The molecule has 0 aromatic rings. The number of hydrogen-bond acceptors (Lipinski definition) is 2. The Kier molecular flexibility index (Phi) is 3.27. The fraction of sp³-hybridized carbons (Fsp3) is 0.778. The summed E-state index contributed by atoms with van der Waals surface area (Å²) in [5.74, 6) is 3.78. The van der Waals surface area contributed by atoms with Gasteiger partial charge in [0.05, 0.1) is 13.2 Å². The van der Waals surface area contributed by atoms with E-state index in [0.717, 1.165) is 6.42 Å². The van der Waals surface area contributed by atoms with Gasteiger partial charge in [0, 0.05) is 11.8 Å². The molecule has 0 radical (unpaired) electrons. The first kappa shape index (κ1) is 14.2. The summed E-state index contributed by atoms with van der Waals surface area (Å²) in [7, 11) is 0. The van der Waals surface area contributed by atoms with Crippen molar-refractivity contribution >= 4 is 0 Å². The zero-order valence-corrected chi connectivity index (χ0v) is 13.2. The Hall–Kier alpha value is -0.780. The SMILES string of the molecule is C#C[C@H]1[C@H](C(C)=C2CC2)C[C@H](C2(C)OCCO2)C1(C)C. The van der Waals surface area contributed by atoms with Gasteiger partial charge in [-0.3, -0.25) is 0 Å². The lowest BCUT2D eigenvalue weighted by molar-refractivity contribution is -0.201. The van der Waals surface area contributed by atoms with E-state index in [2.05, 4.69) is 33.6 Å². The summed E-state index contributed by atoms with van der Waals surface area (Å²) in [6.07, 6.45) is 9.54. The Labute approximate surface area is 122 Å². The molecular formula is C18H26O2. The Bertz CT molecular complexity index is 468. The monoisotopic (exact) mass is 274 g/mol. The van der Waals surface area contributed by atoms with E-state index in [9.17, 15) is 0 Å². The van der Waals surface area contributed by atoms with Crippen LogP contribution >= 0.6 is 0 Å². The molecule has 2 saturated carbocycles. The molecule has 1 saturated heterocycles. The Morgan fingerprint density at radius 1 is 1.20 bits per heavy atom. The van der Waals surface area contributed by atoms with Gasteiger partial charge in [-0.05, 0) is 44.4 Å². The van der Waals surface area contributed by atoms with E-state index in [0.29, 0.717) is 25.0 Å². The fourth-order valence-electron chi connectivity index (χ4n) is 4.53. The maximum absolute atomic E-state index is 5.95. The number of allylic oxidation sites excluding steroid dienone is 2. The number of hydrogen-bond donors (Lipinski definition) is 0. The van der Waals surface area contributed by atoms with E-state index in [1.54, 1.807) is 11.1 Å². The first-order chi connectivity index (χ1) is 9.40. The van der Waals surface area contributed by atoms with Gasteiger partial charge in [-0.1, -0.05) is 25.0 Å². The molecule has 1 aliphatic heterocycles. The molecule has 3 rings (SSSR count). The highest BCUT2D eigenvalue weighted by Gasteiger charge is 2.57. The van der Waals surface area contributed by atoms with Gasteiger partial charge in [0.2, 0.25) is 0 Å². The van der Waals surface area contributed by atoms with Crippen LogP contribution in [0.4, 0.5) is 0 Å². The molecule has 0 amide bonds. The average Bonchev–Trinajstić information content (AvgIpc) is 3.09. The summed E-state index contributed by atoms with van der Waals surface area (Å²) in [4.78, 5) is 0. The second kappa shape index (κ2) is 4.61. The molecule has 2 aliphatic carbocycles. The summed E-state index contributed by atoms with van der Waals surface area (Å²) in [6, 6.07) is 0. The van der Waals surface area contributed by atoms with Crippen LogP contribution in [0.1, 0.15) is 47.0 Å². The lowest BCUT2D eigenvalue weighted by atomic mass is 9.71. The molecule has 0 aromatic carbocycles. The van der Waals surface area contributed by atoms with Gasteiger partial charge >= 0.3 is 0 Å². The molecule has 110 valence electrons. The van der Waals surface area contributed by atoms with Crippen LogP contribution in [0.2, 0.25) is 0 Å². The molecule has 0 aromatic heterocycles. The van der Waals surface area contributed by atoms with Gasteiger partial charge in [-0.25, -0.2) is 0 Å². The van der Waals surface area contributed by atoms with Gasteiger partial charge in [0.15, 0.2) is 5.79 Å². The van der Waals surface area contributed by atoms with E-state index >= 15 is 0 Å². The fourth-order valence-corrected chi connectivity index (χ4v) is 4.53. The van der Waals surface area contributed by atoms with Crippen LogP contribution in [-0.4, -0.2) is 19.0 Å². The maximum Gasteiger partial charge on any atom is 0.169 e. The zero-order chi connectivity index (χ0) is 14.5. The average molecular weight is 274 g/mol. The predicted molar refractivity (Wildman–Crippen MR) is 79.9 cm³/mol. The molecule has 3 fully saturated rings. The van der Waals surface area contributed by atoms with Crippen LogP contribution in [0.3, 0.4) is 0 Å². The van der Waals surface area contributed by atoms with E-state index in [-0.39, 0.29) is 11.3 Å². The lowest BCUT2D eigenvalue weighted by Crippen LogP contribution is -2.43. The summed E-state index contributed by atoms with van der Waals surface area (Å²) in [5.41, 5.74) is 3.23. The number of rotatable bonds is 2. The quantitative estimate of drug-likeness (QED) is 0.563. The standard InChI is InChI=1S/C18H26O2/c1-6-15-14(12(2)13-7-8-13)11-16(17(15,3)4)18(5)19-9-10-20-18/h1,14-16H,7-11H2,2-5H3/t14-,15-,16-/m0/s1. The Morgan fingerprint density at radius 2 is 1.80 bits per heavy atom. The topological polar surface area (TPSA) is 18.5 Å². The van der Waals surface area contributed by atoms with Crippen molar-refractivity contribution in [2.45, 2.75) is 52.7 Å². The third kappa shape index (κ3) is 2.03. The van der Waals surface area contributed by atoms with Crippen LogP contribution < -0.4 is 0 Å². The normalized spacial score (nSPS) is 37.8. The first-order valence-electron chi connectivity index (χ1n) is 7.82. The highest BCUT2D eigenvalue weighted by molar-refractivity contribution is 5.30. The van der Waals surface area contributed by atoms with Crippen molar-refractivity contribution in [2.75, 3.05) is 13.2 Å². The van der Waals surface area contributed by atoms with E-state index in [1.165, 1.54) is 12.8 Å². The van der Waals surface area contributed by atoms with E-state index in [4.69, 9.17) is 15.9 Å². The molecule has 0 N–H and O–H groups in total. The van der Waals surface area contributed by atoms with Gasteiger partial charge < -0.3 is 9.47 Å². The van der Waals surface area contributed by atoms with Crippen LogP contribution in [0.15, 0.2) is 11.1 Å². The molecule has 0 spiro atoms. The Balaban J connectivity index is 1.93. The van der Waals surface area contributed by atoms with Crippen molar-refractivity contribution in [3.63, 3.8) is 0 Å². The van der Waals surface area contributed by atoms with Crippen molar-refractivity contribution in [1.29, 1.82) is 0 Å². The smallest absolute Gasteiger partial charge is 0.169 e. The van der Waals surface area contributed by atoms with Crippen LogP contribution in [0.25, 0.3) is 0 Å². The zero-order valence-electron chi connectivity index (χ0n) is 13.2. The highest BCUT2D eigenvalue weighted by atomic mass is 16.7. The third-order valence-electron chi connectivity index (χ3n) is 5.88. The van der Waals surface area contributed by atoms with Gasteiger partial charge in [-0.15, -0.1) is 12.3 Å². The first-order valence-corrected chi connectivity index (χ1v) is 7.82. The molecule has 2 nitrogen and oxygen atoms in total. The summed E-state index contributed by atoms with van der Waals surface area (Å²) >= 11 is 0. The molecule has 2 heteroatoms. The number of terminal acetylenes is 1. The molecular weight excluding hydrogens is 248 g/mol. The summed E-state index contributed by atoms with van der Waals surface area (Å²) in [6.45, 7) is 10.4. The highest BCUT2D eigenvalue weighted by Crippen LogP contribution is 2.59. The van der Waals surface area contributed by atoms with E-state index in [1.807, 2.05) is 0 Å². The second-order valence-corrected chi connectivity index (χ2v) is 7.36. The van der Waals surface area contributed by atoms with Crippen molar-refractivity contribution in [2.24, 2.45) is 23.2 Å². The third-order valence-corrected chi connectivity index (χ3v) is 5.88. The van der Waals surface area contributed by atoms with Crippen molar-refractivity contribution in [3.05, 3.63) is 11.1 Å². The van der Waals surface area contributed by atoms with Gasteiger partial charge in [-0.2, -0.15) is 0 Å². The van der Waals surface area contributed by atoms with Crippen molar-refractivity contribution in [1.82, 2.24) is 0 Å². The summed E-state index contributed by atoms with van der Waals surface area (Å²) in [5, 5.41) is 0.